The molecule has 23 heavy (non-hydrogen) atoms. The highest BCUT2D eigenvalue weighted by Crippen LogP contribution is 2.39. The van der Waals surface area contributed by atoms with E-state index in [0.717, 1.165) is 0 Å². The Morgan fingerprint density at radius 2 is 1.00 bits per heavy atom. The summed E-state index contributed by atoms with van der Waals surface area (Å²) in [6.45, 7) is 8.80. The lowest BCUT2D eigenvalue weighted by Crippen LogP contribution is -2.25. The highest BCUT2D eigenvalue weighted by molar-refractivity contribution is 5.51. The Morgan fingerprint density at radius 3 is 1.43 bits per heavy atom. The van der Waals surface area contributed by atoms with Crippen LogP contribution in [0.15, 0.2) is 72.8 Å². The van der Waals surface area contributed by atoms with Gasteiger partial charge in [-0.2, -0.15) is 0 Å². The average Bonchev–Trinajstić information content (AvgIpc) is 2.55. The molecule has 0 aromatic heterocycles. The zero-order valence-electron chi connectivity index (χ0n) is 14.4. The van der Waals surface area contributed by atoms with Crippen LogP contribution in [0, 0.1) is 20.8 Å². The molecule has 0 aliphatic heterocycles. The monoisotopic (exact) mass is 300 g/mol. The van der Waals surface area contributed by atoms with Gasteiger partial charge in [0.15, 0.2) is 0 Å². The third-order valence-electron chi connectivity index (χ3n) is 4.82. The van der Waals surface area contributed by atoms with Crippen LogP contribution in [0.2, 0.25) is 0 Å². The third-order valence-corrected chi connectivity index (χ3v) is 4.82. The summed E-state index contributed by atoms with van der Waals surface area (Å²) in [5.41, 5.74) is 7.76. The fourth-order valence-corrected chi connectivity index (χ4v) is 3.30. The molecule has 0 aliphatic carbocycles. The van der Waals surface area contributed by atoms with E-state index in [2.05, 4.69) is 100 Å². The Morgan fingerprint density at radius 1 is 0.522 bits per heavy atom. The minimum atomic E-state index is -0.147. The van der Waals surface area contributed by atoms with Crippen molar-refractivity contribution >= 4 is 0 Å². The molecule has 0 N–H and O–H groups in total. The molecule has 0 heteroatoms. The van der Waals surface area contributed by atoms with Gasteiger partial charge >= 0.3 is 0 Å². The number of hydrogen-bond acceptors (Lipinski definition) is 0. The summed E-state index contributed by atoms with van der Waals surface area (Å²) in [6.07, 6.45) is 0. The van der Waals surface area contributed by atoms with Gasteiger partial charge in [0.05, 0.1) is 0 Å². The van der Waals surface area contributed by atoms with E-state index in [1.807, 2.05) is 0 Å². The van der Waals surface area contributed by atoms with Gasteiger partial charge in [0, 0.05) is 5.41 Å². The SMILES string of the molecule is Cc1ccc(C(C)(c2cccc(C)c2)c2cccc(C)c2)cc1. The summed E-state index contributed by atoms with van der Waals surface area (Å²) >= 11 is 0. The maximum Gasteiger partial charge on any atom is 0.0423 e. The Kier molecular flexibility index (Phi) is 4.09. The number of rotatable bonds is 3. The van der Waals surface area contributed by atoms with Gasteiger partial charge in [-0.15, -0.1) is 0 Å². The summed E-state index contributed by atoms with van der Waals surface area (Å²) < 4.78 is 0. The molecule has 3 aromatic rings. The maximum atomic E-state index is 2.33. The minimum Gasteiger partial charge on any atom is -0.0617 e. The number of aryl methyl sites for hydroxylation is 3. The second kappa shape index (κ2) is 6.04. The van der Waals surface area contributed by atoms with Gasteiger partial charge in [-0.3, -0.25) is 0 Å². The molecule has 0 aliphatic rings. The van der Waals surface area contributed by atoms with E-state index in [1.54, 1.807) is 0 Å². The molecular formula is C23H24. The molecule has 0 heterocycles. The second-order valence-electron chi connectivity index (χ2n) is 6.73. The van der Waals surface area contributed by atoms with Crippen LogP contribution in [-0.4, -0.2) is 0 Å². The minimum absolute atomic E-state index is 0.147. The molecular weight excluding hydrogens is 276 g/mol. The molecule has 0 amide bonds. The van der Waals surface area contributed by atoms with Crippen LogP contribution in [0.3, 0.4) is 0 Å². The Bertz CT molecular complexity index is 764. The van der Waals surface area contributed by atoms with Crippen molar-refractivity contribution in [2.24, 2.45) is 0 Å². The quantitative estimate of drug-likeness (QED) is 0.523. The predicted octanol–water partition coefficient (Wildman–Crippen LogP) is 5.97. The van der Waals surface area contributed by atoms with Crippen LogP contribution in [0.4, 0.5) is 0 Å². The van der Waals surface area contributed by atoms with E-state index in [0.29, 0.717) is 0 Å². The van der Waals surface area contributed by atoms with Crippen molar-refractivity contribution in [2.75, 3.05) is 0 Å². The van der Waals surface area contributed by atoms with Gasteiger partial charge < -0.3 is 0 Å². The summed E-state index contributed by atoms with van der Waals surface area (Å²) in [6, 6.07) is 26.7. The van der Waals surface area contributed by atoms with E-state index in [4.69, 9.17) is 0 Å². The molecule has 0 nitrogen and oxygen atoms in total. The van der Waals surface area contributed by atoms with Crippen molar-refractivity contribution < 1.29 is 0 Å². The highest BCUT2D eigenvalue weighted by Gasteiger charge is 2.31. The average molecular weight is 300 g/mol. The largest absolute Gasteiger partial charge is 0.0617 e. The lowest BCUT2D eigenvalue weighted by Gasteiger charge is -2.32. The van der Waals surface area contributed by atoms with Gasteiger partial charge in [-0.25, -0.2) is 0 Å². The van der Waals surface area contributed by atoms with Gasteiger partial charge in [0.1, 0.15) is 0 Å². The van der Waals surface area contributed by atoms with E-state index in [-0.39, 0.29) is 5.41 Å². The van der Waals surface area contributed by atoms with Crippen LogP contribution in [0.1, 0.15) is 40.3 Å². The first kappa shape index (κ1) is 15.6. The van der Waals surface area contributed by atoms with Crippen molar-refractivity contribution in [3.05, 3.63) is 106 Å². The number of benzene rings is 3. The maximum absolute atomic E-state index is 2.33. The predicted molar refractivity (Wildman–Crippen MR) is 99.1 cm³/mol. The molecule has 3 aromatic carbocycles. The van der Waals surface area contributed by atoms with Gasteiger partial charge in [0.25, 0.3) is 0 Å². The van der Waals surface area contributed by atoms with E-state index >= 15 is 0 Å². The van der Waals surface area contributed by atoms with Crippen LogP contribution >= 0.6 is 0 Å². The first-order valence-electron chi connectivity index (χ1n) is 8.21. The molecule has 0 saturated carbocycles. The summed E-state index contributed by atoms with van der Waals surface area (Å²) in [4.78, 5) is 0. The van der Waals surface area contributed by atoms with Gasteiger partial charge in [-0.05, 0) is 44.4 Å². The summed E-state index contributed by atoms with van der Waals surface area (Å²) in [5.74, 6) is 0. The van der Waals surface area contributed by atoms with E-state index in [9.17, 15) is 0 Å². The van der Waals surface area contributed by atoms with Crippen LogP contribution < -0.4 is 0 Å². The van der Waals surface area contributed by atoms with Crippen molar-refractivity contribution in [3.63, 3.8) is 0 Å². The Balaban J connectivity index is 2.27. The first-order valence-corrected chi connectivity index (χ1v) is 8.21. The normalized spacial score (nSPS) is 11.5. The summed E-state index contributed by atoms with van der Waals surface area (Å²) in [7, 11) is 0. The molecule has 0 saturated heterocycles. The standard InChI is InChI=1S/C23H24/c1-17-11-13-20(14-12-17)23(4,21-9-5-7-18(2)15-21)22-10-6-8-19(3)16-22/h5-16H,1-4H3. The van der Waals surface area contributed by atoms with Crippen molar-refractivity contribution in [3.8, 4) is 0 Å². The summed E-state index contributed by atoms with van der Waals surface area (Å²) in [5, 5.41) is 0. The van der Waals surface area contributed by atoms with E-state index < -0.39 is 0 Å². The molecule has 0 unspecified atom stereocenters. The smallest absolute Gasteiger partial charge is 0.0423 e. The van der Waals surface area contributed by atoms with Gasteiger partial charge in [-0.1, -0.05) is 89.5 Å². The van der Waals surface area contributed by atoms with Crippen molar-refractivity contribution in [1.29, 1.82) is 0 Å². The molecule has 0 fully saturated rings. The molecule has 0 bridgehead atoms. The second-order valence-corrected chi connectivity index (χ2v) is 6.73. The van der Waals surface area contributed by atoms with Gasteiger partial charge in [0.2, 0.25) is 0 Å². The zero-order valence-corrected chi connectivity index (χ0v) is 14.4. The van der Waals surface area contributed by atoms with Crippen LogP contribution in [0.5, 0.6) is 0 Å². The highest BCUT2D eigenvalue weighted by atomic mass is 14.3. The third kappa shape index (κ3) is 2.94. The molecule has 116 valence electrons. The Hall–Kier alpha value is -2.34. The topological polar surface area (TPSA) is 0 Å². The fraction of sp³-hybridized carbons (Fsp3) is 0.217. The zero-order chi connectivity index (χ0) is 16.4. The number of hydrogen-bond donors (Lipinski definition) is 0. The van der Waals surface area contributed by atoms with Crippen LogP contribution in [-0.2, 0) is 5.41 Å². The van der Waals surface area contributed by atoms with Crippen molar-refractivity contribution in [2.45, 2.75) is 33.1 Å². The van der Waals surface area contributed by atoms with E-state index in [1.165, 1.54) is 33.4 Å². The first-order chi connectivity index (χ1) is 11.0. The fourth-order valence-electron chi connectivity index (χ4n) is 3.30. The molecule has 0 radical (unpaired) electrons. The van der Waals surface area contributed by atoms with Crippen molar-refractivity contribution in [1.82, 2.24) is 0 Å². The Labute approximate surface area is 139 Å². The lowest BCUT2D eigenvalue weighted by atomic mass is 9.70. The molecule has 0 atom stereocenters. The molecule has 3 rings (SSSR count). The lowest BCUT2D eigenvalue weighted by molar-refractivity contribution is 0.690. The molecule has 0 spiro atoms. The van der Waals surface area contributed by atoms with Crippen LogP contribution in [0.25, 0.3) is 0 Å².